The molecule has 1 N–H and O–H groups in total. The molecule has 0 radical (unpaired) electrons. The third-order valence-corrected chi connectivity index (χ3v) is 2.20. The lowest BCUT2D eigenvalue weighted by Gasteiger charge is -1.96. The average Bonchev–Trinajstić information content (AvgIpc) is 2.04. The Hall–Kier alpha value is -1.03. The zero-order valence-corrected chi connectivity index (χ0v) is 7.54. The third kappa shape index (κ3) is 2.23. The van der Waals surface area contributed by atoms with Crippen molar-refractivity contribution in [1.82, 2.24) is 0 Å². The fraction of sp³-hybridized carbons (Fsp3) is 0.250. The van der Waals surface area contributed by atoms with Gasteiger partial charge in [0.25, 0.3) is 0 Å². The zero-order valence-electron chi connectivity index (χ0n) is 6.73. The predicted octanol–water partition coefficient (Wildman–Crippen LogP) is 0.781. The van der Waals surface area contributed by atoms with Gasteiger partial charge >= 0.3 is 5.97 Å². The van der Waals surface area contributed by atoms with E-state index in [2.05, 4.69) is 0 Å². The number of carboxylic acid groups (broad SMARTS) is 1. The molecule has 0 spiro atoms. The zero-order chi connectivity index (χ0) is 8.97. The van der Waals surface area contributed by atoms with Crippen LogP contribution in [0.5, 0.6) is 0 Å². The molecule has 0 amide bonds. The van der Waals surface area contributed by atoms with Crippen molar-refractivity contribution in [2.75, 3.05) is 6.26 Å². The highest BCUT2D eigenvalue weighted by molar-refractivity contribution is 7.98. The Labute approximate surface area is 75.0 Å². The number of pyridine rings is 1. The van der Waals surface area contributed by atoms with Crippen molar-refractivity contribution in [3.05, 3.63) is 24.4 Å². The molecule has 1 aromatic rings. The van der Waals surface area contributed by atoms with Crippen LogP contribution in [0.3, 0.4) is 0 Å². The molecular formula is C8H10NO2S+. The summed E-state index contributed by atoms with van der Waals surface area (Å²) >= 11 is 1.54. The number of carboxylic acids is 1. The second-order valence-electron chi connectivity index (χ2n) is 2.26. The van der Waals surface area contributed by atoms with Gasteiger partial charge in [0.2, 0.25) is 11.6 Å². The Bertz CT molecular complexity index is 288. The highest BCUT2D eigenvalue weighted by Gasteiger charge is 2.11. The van der Waals surface area contributed by atoms with Gasteiger partial charge in [-0.2, -0.15) is 4.57 Å². The van der Waals surface area contributed by atoms with Gasteiger partial charge in [0.15, 0.2) is 6.20 Å². The molecule has 0 unspecified atom stereocenters. The maximum absolute atomic E-state index is 10.4. The fourth-order valence-electron chi connectivity index (χ4n) is 0.922. The van der Waals surface area contributed by atoms with Crippen LogP contribution in [0.25, 0.3) is 0 Å². The molecule has 0 saturated heterocycles. The van der Waals surface area contributed by atoms with E-state index >= 15 is 0 Å². The van der Waals surface area contributed by atoms with Gasteiger partial charge in [-0.15, -0.1) is 0 Å². The van der Waals surface area contributed by atoms with Crippen LogP contribution in [-0.4, -0.2) is 17.3 Å². The minimum Gasteiger partial charge on any atom is -0.477 e. The van der Waals surface area contributed by atoms with E-state index in [1.807, 2.05) is 24.5 Å². The summed E-state index contributed by atoms with van der Waals surface area (Å²) in [5.41, 5.74) is 0. The Morgan fingerprint density at radius 2 is 2.42 bits per heavy atom. The molecule has 0 fully saturated rings. The average molecular weight is 184 g/mol. The van der Waals surface area contributed by atoms with E-state index in [-0.39, 0.29) is 6.54 Å². The topological polar surface area (TPSA) is 41.2 Å². The molecule has 4 heteroatoms. The van der Waals surface area contributed by atoms with Gasteiger partial charge in [-0.3, -0.25) is 0 Å². The Balaban J connectivity index is 2.89. The van der Waals surface area contributed by atoms with Gasteiger partial charge in [0, 0.05) is 12.1 Å². The number of hydrogen-bond donors (Lipinski definition) is 1. The van der Waals surface area contributed by atoms with Gasteiger partial charge in [-0.25, -0.2) is 4.79 Å². The first-order valence-electron chi connectivity index (χ1n) is 3.48. The van der Waals surface area contributed by atoms with Crippen LogP contribution >= 0.6 is 11.8 Å². The first-order valence-corrected chi connectivity index (χ1v) is 4.71. The molecule has 0 aliphatic carbocycles. The van der Waals surface area contributed by atoms with Crippen molar-refractivity contribution >= 4 is 17.7 Å². The molecular weight excluding hydrogens is 174 g/mol. The van der Waals surface area contributed by atoms with Crippen molar-refractivity contribution in [2.24, 2.45) is 0 Å². The van der Waals surface area contributed by atoms with Gasteiger partial charge in [-0.1, -0.05) is 11.8 Å². The molecule has 1 aromatic heterocycles. The number of rotatable bonds is 3. The van der Waals surface area contributed by atoms with Crippen LogP contribution < -0.4 is 4.57 Å². The number of aromatic nitrogens is 1. The van der Waals surface area contributed by atoms with E-state index in [0.717, 1.165) is 5.03 Å². The second kappa shape index (κ2) is 4.11. The maximum Gasteiger partial charge on any atom is 0.370 e. The molecule has 1 rings (SSSR count). The van der Waals surface area contributed by atoms with Crippen LogP contribution in [0.15, 0.2) is 29.4 Å². The smallest absolute Gasteiger partial charge is 0.370 e. The minimum absolute atomic E-state index is 0.0248. The lowest BCUT2D eigenvalue weighted by Crippen LogP contribution is -2.39. The quantitative estimate of drug-likeness (QED) is 0.557. The van der Waals surface area contributed by atoms with Crippen LogP contribution in [0.1, 0.15) is 0 Å². The summed E-state index contributed by atoms with van der Waals surface area (Å²) < 4.78 is 1.70. The monoisotopic (exact) mass is 184 g/mol. The first-order chi connectivity index (χ1) is 5.74. The largest absolute Gasteiger partial charge is 0.477 e. The molecule has 0 aromatic carbocycles. The number of aliphatic carboxylic acids is 1. The first kappa shape index (κ1) is 9.06. The van der Waals surface area contributed by atoms with E-state index in [4.69, 9.17) is 5.11 Å². The van der Waals surface area contributed by atoms with Crippen LogP contribution in [-0.2, 0) is 11.3 Å². The number of hydrogen-bond acceptors (Lipinski definition) is 2. The van der Waals surface area contributed by atoms with Crippen molar-refractivity contribution in [1.29, 1.82) is 0 Å². The summed E-state index contributed by atoms with van der Waals surface area (Å²) in [5, 5.41) is 9.52. The Kier molecular flexibility index (Phi) is 3.10. The van der Waals surface area contributed by atoms with Crippen molar-refractivity contribution in [2.45, 2.75) is 11.6 Å². The second-order valence-corrected chi connectivity index (χ2v) is 3.09. The molecule has 64 valence electrons. The highest BCUT2D eigenvalue weighted by atomic mass is 32.2. The molecule has 0 bridgehead atoms. The van der Waals surface area contributed by atoms with Gasteiger partial charge in [0.05, 0.1) is 0 Å². The van der Waals surface area contributed by atoms with E-state index in [1.54, 1.807) is 10.8 Å². The summed E-state index contributed by atoms with van der Waals surface area (Å²) in [4.78, 5) is 10.4. The van der Waals surface area contributed by atoms with E-state index in [9.17, 15) is 4.79 Å². The lowest BCUT2D eigenvalue weighted by molar-refractivity contribution is -0.722. The molecule has 3 nitrogen and oxygen atoms in total. The molecule has 0 saturated carbocycles. The molecule has 1 heterocycles. The normalized spacial score (nSPS) is 9.75. The van der Waals surface area contributed by atoms with Gasteiger partial charge in [-0.05, 0) is 12.3 Å². The van der Waals surface area contributed by atoms with Crippen LogP contribution in [0.2, 0.25) is 0 Å². The number of nitrogens with zero attached hydrogens (tertiary/aromatic N) is 1. The summed E-state index contributed by atoms with van der Waals surface area (Å²) in [6.07, 6.45) is 3.69. The fourth-order valence-corrected chi connectivity index (χ4v) is 1.50. The minimum atomic E-state index is -0.818. The third-order valence-electron chi connectivity index (χ3n) is 1.41. The van der Waals surface area contributed by atoms with E-state index in [0.29, 0.717) is 0 Å². The summed E-state index contributed by atoms with van der Waals surface area (Å²) in [6, 6.07) is 5.61. The molecule has 0 aliphatic heterocycles. The summed E-state index contributed by atoms with van der Waals surface area (Å²) in [6.45, 7) is 0.0248. The van der Waals surface area contributed by atoms with Crippen molar-refractivity contribution < 1.29 is 14.5 Å². The summed E-state index contributed by atoms with van der Waals surface area (Å²) in [7, 11) is 0. The molecule has 12 heavy (non-hydrogen) atoms. The number of thioether (sulfide) groups is 1. The Morgan fingerprint density at radius 1 is 1.67 bits per heavy atom. The SMILES string of the molecule is CSc1cccc[n+]1CC(=O)O. The summed E-state index contributed by atoms with van der Waals surface area (Å²) in [5.74, 6) is -0.818. The van der Waals surface area contributed by atoms with Gasteiger partial charge < -0.3 is 5.11 Å². The van der Waals surface area contributed by atoms with Crippen LogP contribution in [0, 0.1) is 0 Å². The molecule has 0 aliphatic rings. The number of carbonyl (C=O) groups is 1. The molecule has 0 atom stereocenters. The van der Waals surface area contributed by atoms with Crippen molar-refractivity contribution in [3.8, 4) is 0 Å². The maximum atomic E-state index is 10.4. The predicted molar refractivity (Wildman–Crippen MR) is 46.1 cm³/mol. The van der Waals surface area contributed by atoms with E-state index < -0.39 is 5.97 Å². The van der Waals surface area contributed by atoms with Crippen molar-refractivity contribution in [3.63, 3.8) is 0 Å². The van der Waals surface area contributed by atoms with Gasteiger partial charge in [0.1, 0.15) is 0 Å². The standard InChI is InChI=1S/C8H9NO2S/c1-12-7-4-2-3-5-9(7)6-8(10)11/h2-5H,6H2,1H3/p+1. The lowest BCUT2D eigenvalue weighted by atomic mass is 10.5. The van der Waals surface area contributed by atoms with Crippen LogP contribution in [0.4, 0.5) is 0 Å². The van der Waals surface area contributed by atoms with E-state index in [1.165, 1.54) is 11.8 Å². The highest BCUT2D eigenvalue weighted by Crippen LogP contribution is 2.06. The Morgan fingerprint density at radius 3 is 3.00 bits per heavy atom.